The molecule has 10 heterocycles. The van der Waals surface area contributed by atoms with E-state index in [1.807, 2.05) is 0 Å². The molecule has 15 rings (SSSR count). The van der Waals surface area contributed by atoms with E-state index in [2.05, 4.69) is 336 Å². The Hall–Kier alpha value is -10.5. The van der Waals surface area contributed by atoms with Crippen LogP contribution in [0.15, 0.2) is 182 Å². The van der Waals surface area contributed by atoms with Crippen LogP contribution in [0.3, 0.4) is 0 Å². The van der Waals surface area contributed by atoms with Gasteiger partial charge in [-0.3, -0.25) is 0 Å². The van der Waals surface area contributed by atoms with E-state index in [4.69, 9.17) is 29.9 Å². The molecule has 8 nitrogen and oxygen atoms in total. The van der Waals surface area contributed by atoms with Crippen molar-refractivity contribution in [3.05, 3.63) is 261 Å². The van der Waals surface area contributed by atoms with Crippen molar-refractivity contribution >= 4 is 105 Å². The van der Waals surface area contributed by atoms with Crippen molar-refractivity contribution in [1.82, 2.24) is 39.9 Å². The molecule has 0 unspecified atom stereocenters. The number of hydrogen-bond acceptors (Lipinski definition) is 4. The number of hydrogen-bond donors (Lipinski definition) is 2. The standard InChI is InChI=1S/C88H78N8.Ni/c1-85(2,3)59-44-57(45-60(49-59)86(4,5)6)83-69-33-29-63(89-69)51-64-30-34-71(90-64)84(58-46-61(87(7,8)9)50-62(47-58)88(10,11)12)79-48-56(78(96-79)52-65-31-35-70(83)91-65)28-32-66-67-36-38-72(92-67)80(53-22-16-13-17-23-53)74-40-42-76(94-74)82(55-26-20-15-21-27-55)77-43-41-75(95-77)81(54-24-18-14-19-25-54)73-39-37-68(66)93-73;/h13-52,92,95H,1-12H3;/q-2;+2/b32-28+,63-51?,64-51?,65-52?,67-66?,68-66?,78-52?,80-72?,80-74?,81-73?,81-75?,82-76?,82-77?,83-69?,83-70?,84-71?,84-79?;. The summed E-state index contributed by atoms with van der Waals surface area (Å²) >= 11 is 0. The summed E-state index contributed by atoms with van der Waals surface area (Å²) < 4.78 is 0. The van der Waals surface area contributed by atoms with Gasteiger partial charge in [-0.25, -0.2) is 19.9 Å². The van der Waals surface area contributed by atoms with Crippen LogP contribution < -0.4 is 9.97 Å². The van der Waals surface area contributed by atoms with Crippen molar-refractivity contribution in [1.29, 1.82) is 0 Å². The first-order valence-corrected chi connectivity index (χ1v) is 33.4. The van der Waals surface area contributed by atoms with E-state index >= 15 is 0 Å². The third-order valence-electron chi connectivity index (χ3n) is 18.7. The van der Waals surface area contributed by atoms with Crippen LogP contribution >= 0.6 is 0 Å². The van der Waals surface area contributed by atoms with E-state index in [-0.39, 0.29) is 38.2 Å². The van der Waals surface area contributed by atoms with Gasteiger partial charge >= 0.3 is 16.5 Å². The molecule has 480 valence electrons. The van der Waals surface area contributed by atoms with Crippen LogP contribution in [0.25, 0.3) is 161 Å². The molecule has 9 heteroatoms. The maximum atomic E-state index is 5.75. The number of benzene rings is 5. The van der Waals surface area contributed by atoms with E-state index < -0.39 is 0 Å². The summed E-state index contributed by atoms with van der Waals surface area (Å²) in [4.78, 5) is 41.2. The second-order valence-corrected chi connectivity index (χ2v) is 29.9. The number of aromatic nitrogens is 8. The van der Waals surface area contributed by atoms with Gasteiger partial charge in [0.2, 0.25) is 0 Å². The topological polar surface area (TPSA) is 111 Å². The van der Waals surface area contributed by atoms with Gasteiger partial charge in [-0.1, -0.05) is 253 Å². The first kappa shape index (κ1) is 63.9. The Bertz CT molecular complexity index is 5380. The van der Waals surface area contributed by atoms with Crippen LogP contribution in [0.4, 0.5) is 0 Å². The summed E-state index contributed by atoms with van der Waals surface area (Å²) in [6, 6.07) is 65.2. The van der Waals surface area contributed by atoms with Crippen molar-refractivity contribution in [2.24, 2.45) is 0 Å². The molecule has 16 bridgehead atoms. The summed E-state index contributed by atoms with van der Waals surface area (Å²) in [5.74, 6) is 0. The molecule has 0 fully saturated rings. The first-order valence-electron chi connectivity index (χ1n) is 33.4. The van der Waals surface area contributed by atoms with Gasteiger partial charge in [0.1, 0.15) is 0 Å². The Morgan fingerprint density at radius 3 is 1.13 bits per heavy atom. The van der Waals surface area contributed by atoms with E-state index in [0.717, 1.165) is 156 Å². The fourth-order valence-electron chi connectivity index (χ4n) is 13.3. The maximum Gasteiger partial charge on any atom is 2.00 e. The Balaban J connectivity index is 0.00000807. The average molecular weight is 1310 g/mol. The van der Waals surface area contributed by atoms with Gasteiger partial charge in [0, 0.05) is 44.3 Å². The van der Waals surface area contributed by atoms with Crippen molar-refractivity contribution in [3.8, 4) is 55.6 Å². The molecule has 0 atom stereocenters. The SMILES string of the molecule is CC(C)(C)c1cc(-c2c3nc(cc4[n-]c(cc4/C=C/c4c5nc(c(-c6ccccc6)c6ccc([nH]6)c(-c6ccccc6)c6nc(c(-c7ccccc7)c7ccc4[nH]7)C=C6)C=C5)c(-c4cc(C(C)(C)C)cc(C(C)(C)C)c4)c4nc(cc5ccc2[n-]5)C=C4)C=C3)cc(C(C)(C)C)c1.[Ni+2]. The van der Waals surface area contributed by atoms with Gasteiger partial charge in [-0.05, 0) is 161 Å². The van der Waals surface area contributed by atoms with Crippen molar-refractivity contribution in [2.45, 2.75) is 105 Å². The zero-order valence-corrected chi connectivity index (χ0v) is 58.1. The van der Waals surface area contributed by atoms with Crippen LogP contribution in [0, 0.1) is 0 Å². The average Bonchev–Trinajstić information content (AvgIpc) is 1.69. The van der Waals surface area contributed by atoms with Crippen LogP contribution in [0.1, 0.15) is 162 Å². The fraction of sp³-hybridized carbons (Fsp3) is 0.182. The molecule has 0 aliphatic carbocycles. The molecule has 4 aliphatic heterocycles. The molecular weight excluding hydrogens is 1230 g/mol. The predicted molar refractivity (Wildman–Crippen MR) is 407 cm³/mol. The zero-order chi connectivity index (χ0) is 66.4. The number of nitrogens with one attached hydrogen (secondary N) is 2. The van der Waals surface area contributed by atoms with E-state index in [1.54, 1.807) is 0 Å². The Morgan fingerprint density at radius 1 is 0.299 bits per heavy atom. The molecule has 0 spiro atoms. The number of H-pyrrole nitrogens is 2. The molecule has 5 aromatic carbocycles. The molecule has 4 aliphatic rings. The minimum Gasteiger partial charge on any atom is -0.657 e. The predicted octanol–water partition coefficient (Wildman–Crippen LogP) is 22.6. The summed E-state index contributed by atoms with van der Waals surface area (Å²) in [7, 11) is 0. The molecular formula is C88H78N8Ni. The van der Waals surface area contributed by atoms with E-state index in [0.29, 0.717) is 0 Å². The fourth-order valence-corrected chi connectivity index (χ4v) is 13.3. The zero-order valence-electron chi connectivity index (χ0n) is 57.1. The molecule has 6 aromatic heterocycles. The number of fused-ring (bicyclic) bond motifs is 16. The Kier molecular flexibility index (Phi) is 16.2. The Morgan fingerprint density at radius 2 is 0.680 bits per heavy atom. The summed E-state index contributed by atoms with van der Waals surface area (Å²) in [6.07, 6.45) is 21.5. The van der Waals surface area contributed by atoms with Crippen LogP contribution in [0.2, 0.25) is 0 Å². The van der Waals surface area contributed by atoms with E-state index in [9.17, 15) is 0 Å². The van der Waals surface area contributed by atoms with E-state index in [1.165, 1.54) is 22.3 Å². The van der Waals surface area contributed by atoms with Crippen LogP contribution in [0.5, 0.6) is 0 Å². The van der Waals surface area contributed by atoms with Gasteiger partial charge in [0.15, 0.2) is 0 Å². The third-order valence-corrected chi connectivity index (χ3v) is 18.7. The molecule has 97 heavy (non-hydrogen) atoms. The monoisotopic (exact) mass is 1300 g/mol. The van der Waals surface area contributed by atoms with Crippen LogP contribution in [-0.2, 0) is 38.2 Å². The smallest absolute Gasteiger partial charge is 0.657 e. The van der Waals surface area contributed by atoms with Crippen LogP contribution in [-0.4, -0.2) is 29.9 Å². The molecule has 0 saturated carbocycles. The molecule has 0 amide bonds. The van der Waals surface area contributed by atoms with Gasteiger partial charge in [0.05, 0.1) is 45.6 Å². The van der Waals surface area contributed by atoms with Gasteiger partial charge in [0.25, 0.3) is 0 Å². The summed E-state index contributed by atoms with van der Waals surface area (Å²) in [5.41, 5.74) is 30.0. The maximum absolute atomic E-state index is 5.75. The molecule has 0 radical (unpaired) electrons. The minimum atomic E-state index is -0.148. The number of rotatable bonds is 7. The van der Waals surface area contributed by atoms with Gasteiger partial charge < -0.3 is 19.9 Å². The normalized spacial score (nSPS) is 13.1. The minimum absolute atomic E-state index is 0. The van der Waals surface area contributed by atoms with Crippen molar-refractivity contribution in [3.63, 3.8) is 0 Å². The molecule has 11 aromatic rings. The second kappa shape index (κ2) is 24.6. The Labute approximate surface area is 578 Å². The quantitative estimate of drug-likeness (QED) is 0.154. The number of aromatic amines is 2. The largest absolute Gasteiger partial charge is 2.00 e. The summed E-state index contributed by atoms with van der Waals surface area (Å²) in [5, 5.41) is 0. The van der Waals surface area contributed by atoms with Gasteiger partial charge in [-0.15, -0.1) is 22.1 Å². The first-order chi connectivity index (χ1) is 46.0. The van der Waals surface area contributed by atoms with Gasteiger partial charge in [-0.2, -0.15) is 0 Å². The number of nitrogens with zero attached hydrogens (tertiary/aromatic N) is 6. The molecule has 2 N–H and O–H groups in total. The second-order valence-electron chi connectivity index (χ2n) is 29.9. The summed E-state index contributed by atoms with van der Waals surface area (Å²) in [6.45, 7) is 27.4. The third kappa shape index (κ3) is 12.6. The van der Waals surface area contributed by atoms with Crippen molar-refractivity contribution in [2.75, 3.05) is 0 Å². The van der Waals surface area contributed by atoms with Crippen molar-refractivity contribution < 1.29 is 16.5 Å². The molecule has 0 saturated heterocycles.